The van der Waals surface area contributed by atoms with E-state index in [9.17, 15) is 14.7 Å². The number of hydrogen-bond donors (Lipinski definition) is 2. The number of piperidine rings is 1. The first kappa shape index (κ1) is 15.9. The van der Waals surface area contributed by atoms with Crippen LogP contribution in [0.2, 0.25) is 0 Å². The monoisotopic (exact) mass is 272 g/mol. The van der Waals surface area contributed by atoms with Crippen LogP contribution in [0.3, 0.4) is 0 Å². The molecule has 1 fully saturated rings. The van der Waals surface area contributed by atoms with Crippen LogP contribution < -0.4 is 5.32 Å². The van der Waals surface area contributed by atoms with Crippen molar-refractivity contribution in [1.82, 2.24) is 10.2 Å². The first-order valence-corrected chi connectivity index (χ1v) is 6.49. The van der Waals surface area contributed by atoms with Gasteiger partial charge in [-0.05, 0) is 39.8 Å². The van der Waals surface area contributed by atoms with Crippen LogP contribution in [0.4, 0.5) is 0 Å². The molecule has 1 amide bonds. The number of nitrogens with zero attached hydrogens (tertiary/aromatic N) is 1. The van der Waals surface area contributed by atoms with E-state index in [1.807, 2.05) is 0 Å². The van der Waals surface area contributed by atoms with Gasteiger partial charge in [0, 0.05) is 14.2 Å². The van der Waals surface area contributed by atoms with Crippen LogP contribution in [0.1, 0.15) is 26.7 Å². The van der Waals surface area contributed by atoms with Crippen molar-refractivity contribution in [3.05, 3.63) is 0 Å². The molecule has 110 valence electrons. The van der Waals surface area contributed by atoms with Crippen molar-refractivity contribution in [2.45, 2.75) is 32.2 Å². The van der Waals surface area contributed by atoms with Crippen LogP contribution >= 0.6 is 0 Å². The van der Waals surface area contributed by atoms with Crippen molar-refractivity contribution >= 4 is 11.9 Å². The number of nitrogens with one attached hydrogen (secondary N) is 1. The van der Waals surface area contributed by atoms with E-state index in [0.717, 1.165) is 13.1 Å². The highest BCUT2D eigenvalue weighted by Crippen LogP contribution is 2.33. The maximum absolute atomic E-state index is 12.7. The van der Waals surface area contributed by atoms with E-state index in [1.165, 1.54) is 18.7 Å². The summed E-state index contributed by atoms with van der Waals surface area (Å²) < 4.78 is 5.21. The van der Waals surface area contributed by atoms with Gasteiger partial charge < -0.3 is 20.1 Å². The smallest absolute Gasteiger partial charge is 0.329 e. The highest BCUT2D eigenvalue weighted by molar-refractivity contribution is 5.89. The quantitative estimate of drug-likeness (QED) is 0.754. The standard InChI is InChI=1S/C13H24N2O4/c1-12(2,11(17)18)15(3)10(16)13(9-19-4)5-7-14-8-6-13/h14H,5-9H2,1-4H3,(H,17,18). The predicted octanol–water partition coefficient (Wildman–Crippen LogP) is 0.324. The average molecular weight is 272 g/mol. The number of methoxy groups -OCH3 is 1. The Morgan fingerprint density at radius 2 is 1.89 bits per heavy atom. The van der Waals surface area contributed by atoms with E-state index in [-0.39, 0.29) is 5.91 Å². The number of aliphatic carboxylic acids is 1. The molecule has 1 heterocycles. The SMILES string of the molecule is COCC1(C(=O)N(C)C(C)(C)C(=O)O)CCNCC1. The summed E-state index contributed by atoms with van der Waals surface area (Å²) in [5.41, 5.74) is -1.83. The van der Waals surface area contributed by atoms with E-state index in [1.54, 1.807) is 14.2 Å². The lowest BCUT2D eigenvalue weighted by atomic mass is 9.77. The zero-order valence-electron chi connectivity index (χ0n) is 12.2. The number of amides is 1. The molecule has 0 aliphatic carbocycles. The Kier molecular flexibility index (Phi) is 4.92. The predicted molar refractivity (Wildman–Crippen MR) is 70.9 cm³/mol. The third kappa shape index (κ3) is 3.06. The van der Waals surface area contributed by atoms with Crippen LogP contribution in [-0.2, 0) is 14.3 Å². The molecule has 6 heteroatoms. The van der Waals surface area contributed by atoms with Crippen molar-refractivity contribution in [3.63, 3.8) is 0 Å². The molecule has 0 bridgehead atoms. The number of carbonyl (C=O) groups is 2. The Morgan fingerprint density at radius 3 is 2.32 bits per heavy atom. The van der Waals surface area contributed by atoms with Gasteiger partial charge in [0.2, 0.25) is 5.91 Å². The van der Waals surface area contributed by atoms with Crippen LogP contribution in [-0.4, -0.2) is 61.3 Å². The van der Waals surface area contributed by atoms with E-state index in [2.05, 4.69) is 5.32 Å². The zero-order valence-corrected chi connectivity index (χ0v) is 12.2. The summed E-state index contributed by atoms with van der Waals surface area (Å²) in [6.45, 7) is 4.89. The molecule has 0 saturated carbocycles. The Balaban J connectivity index is 2.97. The van der Waals surface area contributed by atoms with Crippen LogP contribution in [0.15, 0.2) is 0 Å². The van der Waals surface area contributed by atoms with Crippen molar-refractivity contribution in [2.24, 2.45) is 5.41 Å². The fourth-order valence-electron chi connectivity index (χ4n) is 2.35. The largest absolute Gasteiger partial charge is 0.480 e. The summed E-state index contributed by atoms with van der Waals surface area (Å²) in [5, 5.41) is 12.4. The highest BCUT2D eigenvalue weighted by Gasteiger charge is 2.46. The molecule has 1 aliphatic heterocycles. The van der Waals surface area contributed by atoms with E-state index in [0.29, 0.717) is 19.4 Å². The van der Waals surface area contributed by atoms with Gasteiger partial charge >= 0.3 is 5.97 Å². The van der Waals surface area contributed by atoms with Crippen molar-refractivity contribution in [1.29, 1.82) is 0 Å². The second-order valence-electron chi connectivity index (χ2n) is 5.69. The van der Waals surface area contributed by atoms with Gasteiger partial charge in [0.15, 0.2) is 0 Å². The fraction of sp³-hybridized carbons (Fsp3) is 0.846. The van der Waals surface area contributed by atoms with Crippen LogP contribution in [0.5, 0.6) is 0 Å². The van der Waals surface area contributed by atoms with Gasteiger partial charge in [-0.15, -0.1) is 0 Å². The molecule has 19 heavy (non-hydrogen) atoms. The zero-order chi connectivity index (χ0) is 14.7. The second-order valence-corrected chi connectivity index (χ2v) is 5.69. The Hall–Kier alpha value is -1.14. The molecule has 1 rings (SSSR count). The minimum atomic E-state index is -1.22. The Morgan fingerprint density at radius 1 is 1.37 bits per heavy atom. The summed E-state index contributed by atoms with van der Waals surface area (Å²) >= 11 is 0. The maximum Gasteiger partial charge on any atom is 0.329 e. The molecule has 0 unspecified atom stereocenters. The summed E-state index contributed by atoms with van der Waals surface area (Å²) in [4.78, 5) is 25.3. The number of hydrogen-bond acceptors (Lipinski definition) is 4. The minimum absolute atomic E-state index is 0.150. The summed E-state index contributed by atoms with van der Waals surface area (Å²) in [7, 11) is 3.12. The molecular weight excluding hydrogens is 248 g/mol. The highest BCUT2D eigenvalue weighted by atomic mass is 16.5. The lowest BCUT2D eigenvalue weighted by Gasteiger charge is -2.42. The van der Waals surface area contributed by atoms with E-state index in [4.69, 9.17) is 4.74 Å². The molecule has 0 aromatic heterocycles. The van der Waals surface area contributed by atoms with E-state index >= 15 is 0 Å². The third-order valence-electron chi connectivity index (χ3n) is 4.10. The summed E-state index contributed by atoms with van der Waals surface area (Å²) in [6.07, 6.45) is 1.33. The number of carboxylic acid groups (broad SMARTS) is 1. The summed E-state index contributed by atoms with van der Waals surface area (Å²) in [5.74, 6) is -1.16. The Labute approximate surface area is 114 Å². The van der Waals surface area contributed by atoms with Crippen LogP contribution in [0.25, 0.3) is 0 Å². The van der Waals surface area contributed by atoms with Gasteiger partial charge in [-0.3, -0.25) is 4.79 Å². The van der Waals surface area contributed by atoms with Gasteiger partial charge in [-0.2, -0.15) is 0 Å². The number of carbonyl (C=O) groups excluding carboxylic acids is 1. The molecule has 6 nitrogen and oxygen atoms in total. The van der Waals surface area contributed by atoms with Gasteiger partial charge in [0.1, 0.15) is 5.54 Å². The van der Waals surface area contributed by atoms with Crippen molar-refractivity contribution in [3.8, 4) is 0 Å². The van der Waals surface area contributed by atoms with Gasteiger partial charge in [-0.1, -0.05) is 0 Å². The number of ether oxygens (including phenoxy) is 1. The first-order valence-electron chi connectivity index (χ1n) is 6.49. The molecule has 2 N–H and O–H groups in total. The number of rotatable bonds is 5. The molecule has 0 aromatic carbocycles. The van der Waals surface area contributed by atoms with Gasteiger partial charge in [0.05, 0.1) is 12.0 Å². The molecule has 0 radical (unpaired) electrons. The van der Waals surface area contributed by atoms with Crippen molar-refractivity contribution in [2.75, 3.05) is 33.9 Å². The van der Waals surface area contributed by atoms with Crippen molar-refractivity contribution < 1.29 is 19.4 Å². The minimum Gasteiger partial charge on any atom is -0.480 e. The lowest BCUT2D eigenvalue weighted by Crippen LogP contribution is -2.58. The summed E-state index contributed by atoms with van der Waals surface area (Å²) in [6, 6.07) is 0. The maximum atomic E-state index is 12.7. The van der Waals surface area contributed by atoms with Crippen LogP contribution in [0, 0.1) is 5.41 Å². The molecule has 0 aromatic rings. The fourth-order valence-corrected chi connectivity index (χ4v) is 2.35. The molecule has 0 spiro atoms. The van der Waals surface area contributed by atoms with E-state index < -0.39 is 16.9 Å². The number of likely N-dealkylation sites (N-methyl/N-ethyl adjacent to an activating group) is 1. The topological polar surface area (TPSA) is 78.9 Å². The molecule has 1 saturated heterocycles. The molecule has 0 atom stereocenters. The Bertz CT molecular complexity index is 343. The first-order chi connectivity index (χ1) is 8.78. The molecular formula is C13H24N2O4. The molecule has 1 aliphatic rings. The number of carboxylic acids is 1. The normalized spacial score (nSPS) is 18.9. The van der Waals surface area contributed by atoms with Gasteiger partial charge in [0.25, 0.3) is 0 Å². The lowest BCUT2D eigenvalue weighted by molar-refractivity contribution is -0.163. The second kappa shape index (κ2) is 5.88. The van der Waals surface area contributed by atoms with Gasteiger partial charge in [-0.25, -0.2) is 4.79 Å². The average Bonchev–Trinajstić information content (AvgIpc) is 2.38. The third-order valence-corrected chi connectivity index (χ3v) is 4.10.